The standard InChI is InChI=1S/C16H16ClNO3/c17-13-3-1-2-10(16(13)21)12-8-18-7-11(12)9-4-5-14(19)15(20)6-9/h1-6,11-12,18-21H,7-8H2/t11-,12-/m1/s1. The number of benzene rings is 2. The Morgan fingerprint density at radius 2 is 1.71 bits per heavy atom. The fourth-order valence-corrected chi connectivity index (χ4v) is 3.14. The van der Waals surface area contributed by atoms with Gasteiger partial charge in [0, 0.05) is 30.5 Å². The van der Waals surface area contributed by atoms with Gasteiger partial charge in [-0.3, -0.25) is 0 Å². The van der Waals surface area contributed by atoms with E-state index in [-0.39, 0.29) is 29.1 Å². The maximum absolute atomic E-state index is 10.2. The predicted molar refractivity (Wildman–Crippen MR) is 81.2 cm³/mol. The molecule has 4 N–H and O–H groups in total. The van der Waals surface area contributed by atoms with Gasteiger partial charge in [0.15, 0.2) is 11.5 Å². The van der Waals surface area contributed by atoms with Gasteiger partial charge in [0.25, 0.3) is 0 Å². The summed E-state index contributed by atoms with van der Waals surface area (Å²) in [5.41, 5.74) is 1.71. The minimum Gasteiger partial charge on any atom is -0.506 e. The third kappa shape index (κ3) is 2.52. The number of phenols is 3. The molecular weight excluding hydrogens is 290 g/mol. The summed E-state index contributed by atoms with van der Waals surface area (Å²) in [4.78, 5) is 0. The van der Waals surface area contributed by atoms with Crippen molar-refractivity contribution in [1.82, 2.24) is 5.32 Å². The lowest BCUT2D eigenvalue weighted by atomic mass is 9.83. The van der Waals surface area contributed by atoms with Crippen molar-refractivity contribution in [1.29, 1.82) is 0 Å². The summed E-state index contributed by atoms with van der Waals surface area (Å²) >= 11 is 5.99. The van der Waals surface area contributed by atoms with Crippen LogP contribution in [0.3, 0.4) is 0 Å². The molecule has 1 fully saturated rings. The van der Waals surface area contributed by atoms with E-state index in [0.717, 1.165) is 24.2 Å². The zero-order valence-corrected chi connectivity index (χ0v) is 12.0. The Hall–Kier alpha value is -1.91. The molecule has 4 nitrogen and oxygen atoms in total. The molecule has 1 heterocycles. The van der Waals surface area contributed by atoms with Crippen molar-refractivity contribution < 1.29 is 15.3 Å². The molecule has 0 radical (unpaired) electrons. The van der Waals surface area contributed by atoms with Crippen LogP contribution in [0.2, 0.25) is 5.02 Å². The van der Waals surface area contributed by atoms with E-state index < -0.39 is 0 Å². The number of halogens is 1. The second-order valence-electron chi connectivity index (χ2n) is 5.30. The maximum atomic E-state index is 10.2. The highest BCUT2D eigenvalue weighted by molar-refractivity contribution is 6.32. The Morgan fingerprint density at radius 1 is 0.952 bits per heavy atom. The second-order valence-corrected chi connectivity index (χ2v) is 5.70. The summed E-state index contributed by atoms with van der Waals surface area (Å²) in [5.74, 6) is 0.00898. The first-order chi connectivity index (χ1) is 10.1. The molecule has 0 bridgehead atoms. The minimum atomic E-state index is -0.133. The van der Waals surface area contributed by atoms with Crippen LogP contribution in [-0.4, -0.2) is 28.4 Å². The van der Waals surface area contributed by atoms with Crippen LogP contribution in [0, 0.1) is 0 Å². The smallest absolute Gasteiger partial charge is 0.157 e. The summed E-state index contributed by atoms with van der Waals surface area (Å²) in [6.07, 6.45) is 0. The topological polar surface area (TPSA) is 72.7 Å². The van der Waals surface area contributed by atoms with Crippen molar-refractivity contribution in [2.24, 2.45) is 0 Å². The molecule has 1 saturated heterocycles. The molecule has 5 heteroatoms. The largest absolute Gasteiger partial charge is 0.506 e. The van der Waals surface area contributed by atoms with Crippen LogP contribution in [0.25, 0.3) is 0 Å². The Balaban J connectivity index is 1.99. The van der Waals surface area contributed by atoms with E-state index in [1.807, 2.05) is 12.1 Å². The van der Waals surface area contributed by atoms with Crippen LogP contribution in [0.1, 0.15) is 23.0 Å². The Morgan fingerprint density at radius 3 is 2.48 bits per heavy atom. The summed E-state index contributed by atoms with van der Waals surface area (Å²) in [6, 6.07) is 10.2. The van der Waals surface area contributed by atoms with Crippen LogP contribution in [0.4, 0.5) is 0 Å². The monoisotopic (exact) mass is 305 g/mol. The van der Waals surface area contributed by atoms with Gasteiger partial charge in [-0.05, 0) is 23.8 Å². The number of para-hydroxylation sites is 1. The molecule has 2 aromatic rings. The molecule has 0 unspecified atom stereocenters. The van der Waals surface area contributed by atoms with Crippen molar-refractivity contribution in [3.05, 3.63) is 52.5 Å². The van der Waals surface area contributed by atoms with Crippen molar-refractivity contribution in [3.63, 3.8) is 0 Å². The van der Waals surface area contributed by atoms with Gasteiger partial charge < -0.3 is 20.6 Å². The van der Waals surface area contributed by atoms with Crippen LogP contribution < -0.4 is 5.32 Å². The predicted octanol–water partition coefficient (Wildman–Crippen LogP) is 2.93. The van der Waals surface area contributed by atoms with Gasteiger partial charge in [-0.15, -0.1) is 0 Å². The van der Waals surface area contributed by atoms with Gasteiger partial charge in [0.1, 0.15) is 5.75 Å². The van der Waals surface area contributed by atoms with Crippen LogP contribution in [0.5, 0.6) is 17.2 Å². The van der Waals surface area contributed by atoms with Gasteiger partial charge in [0.2, 0.25) is 0 Å². The van der Waals surface area contributed by atoms with E-state index in [1.165, 1.54) is 6.07 Å². The van der Waals surface area contributed by atoms with Gasteiger partial charge >= 0.3 is 0 Å². The molecule has 21 heavy (non-hydrogen) atoms. The molecule has 2 aromatic carbocycles. The van der Waals surface area contributed by atoms with E-state index in [0.29, 0.717) is 5.02 Å². The number of rotatable bonds is 2. The highest BCUT2D eigenvalue weighted by Crippen LogP contribution is 2.43. The van der Waals surface area contributed by atoms with Crippen LogP contribution in [-0.2, 0) is 0 Å². The molecule has 1 aliphatic rings. The number of nitrogens with one attached hydrogen (secondary N) is 1. The van der Waals surface area contributed by atoms with Crippen molar-refractivity contribution in [2.75, 3.05) is 13.1 Å². The SMILES string of the molecule is Oc1ccc([C@H]2CNC[C@@H]2c2cccc(Cl)c2O)cc1O. The first-order valence-corrected chi connectivity index (χ1v) is 7.15. The first-order valence-electron chi connectivity index (χ1n) is 6.78. The minimum absolute atomic E-state index is 0.0626. The molecule has 0 spiro atoms. The van der Waals surface area contributed by atoms with Crippen molar-refractivity contribution >= 4 is 11.6 Å². The van der Waals surface area contributed by atoms with E-state index in [4.69, 9.17) is 11.6 Å². The van der Waals surface area contributed by atoms with Gasteiger partial charge in [-0.25, -0.2) is 0 Å². The third-order valence-corrected chi connectivity index (χ3v) is 4.36. The van der Waals surface area contributed by atoms with Crippen LogP contribution in [0.15, 0.2) is 36.4 Å². The van der Waals surface area contributed by atoms with Gasteiger partial charge in [-0.2, -0.15) is 0 Å². The molecule has 110 valence electrons. The highest BCUT2D eigenvalue weighted by atomic mass is 35.5. The average Bonchev–Trinajstić information content (AvgIpc) is 2.94. The maximum Gasteiger partial charge on any atom is 0.157 e. The van der Waals surface area contributed by atoms with E-state index in [1.54, 1.807) is 18.2 Å². The summed E-state index contributed by atoms with van der Waals surface area (Å²) in [7, 11) is 0. The fourth-order valence-electron chi connectivity index (χ4n) is 2.96. The lowest BCUT2D eigenvalue weighted by Crippen LogP contribution is -2.09. The summed E-state index contributed by atoms with van der Waals surface area (Å²) < 4.78 is 0. The number of aromatic hydroxyl groups is 3. The molecule has 0 aliphatic carbocycles. The zero-order chi connectivity index (χ0) is 15.0. The Kier molecular flexibility index (Phi) is 3.66. The van der Waals surface area contributed by atoms with E-state index in [2.05, 4.69) is 5.32 Å². The molecule has 0 aromatic heterocycles. The summed E-state index contributed by atoms with van der Waals surface area (Å²) in [5, 5.41) is 32.9. The number of hydrogen-bond acceptors (Lipinski definition) is 4. The first kappa shape index (κ1) is 14.0. The van der Waals surface area contributed by atoms with E-state index in [9.17, 15) is 15.3 Å². The number of hydrogen-bond donors (Lipinski definition) is 4. The Labute approximate surface area is 127 Å². The molecular formula is C16H16ClNO3. The summed E-state index contributed by atoms with van der Waals surface area (Å²) in [6.45, 7) is 1.46. The Bertz CT molecular complexity index is 675. The third-order valence-electron chi connectivity index (χ3n) is 4.06. The quantitative estimate of drug-likeness (QED) is 0.644. The number of phenolic OH excluding ortho intramolecular Hbond substituents is 3. The normalized spacial score (nSPS) is 21.6. The highest BCUT2D eigenvalue weighted by Gasteiger charge is 2.32. The lowest BCUT2D eigenvalue weighted by molar-refractivity contribution is 0.402. The molecule has 0 saturated carbocycles. The van der Waals surface area contributed by atoms with E-state index >= 15 is 0 Å². The van der Waals surface area contributed by atoms with Crippen LogP contribution >= 0.6 is 11.6 Å². The second kappa shape index (κ2) is 5.47. The zero-order valence-electron chi connectivity index (χ0n) is 11.3. The fraction of sp³-hybridized carbons (Fsp3) is 0.250. The van der Waals surface area contributed by atoms with Crippen molar-refractivity contribution in [3.8, 4) is 17.2 Å². The van der Waals surface area contributed by atoms with Crippen molar-refractivity contribution in [2.45, 2.75) is 11.8 Å². The molecule has 0 amide bonds. The molecule has 1 aliphatic heterocycles. The average molecular weight is 306 g/mol. The lowest BCUT2D eigenvalue weighted by Gasteiger charge is -2.21. The van der Waals surface area contributed by atoms with Gasteiger partial charge in [-0.1, -0.05) is 29.8 Å². The molecule has 2 atom stereocenters. The van der Waals surface area contributed by atoms with Gasteiger partial charge in [0.05, 0.1) is 5.02 Å². The molecule has 3 rings (SSSR count).